The van der Waals surface area contributed by atoms with Gasteiger partial charge in [0.15, 0.2) is 0 Å². The molecule has 0 unspecified atom stereocenters. The largest absolute Gasteiger partial charge is 0.501 e. The molecule has 0 amide bonds. The number of halogens is 6. The van der Waals surface area contributed by atoms with E-state index in [1.165, 1.54) is 0 Å². The van der Waals surface area contributed by atoms with Crippen LogP contribution in [0.4, 0.5) is 26.3 Å². The second-order valence-corrected chi connectivity index (χ2v) is 10.7. The fourth-order valence-electron chi connectivity index (χ4n) is 2.98. The van der Waals surface area contributed by atoms with Gasteiger partial charge in [0.1, 0.15) is 0 Å². The monoisotopic (exact) mass is 594 g/mol. The van der Waals surface area contributed by atoms with E-state index in [-0.39, 0.29) is 12.1 Å². The smallest absolute Gasteiger partial charge is 0.478 e. The number of hydrogen-bond donors (Lipinski definition) is 4. The van der Waals surface area contributed by atoms with Crippen molar-refractivity contribution >= 4 is 43.6 Å². The fourth-order valence-corrected chi connectivity index (χ4v) is 4.94. The third-order valence-corrected chi connectivity index (χ3v) is 7.69. The van der Waals surface area contributed by atoms with Gasteiger partial charge in [-0.05, 0) is 24.3 Å². The van der Waals surface area contributed by atoms with E-state index in [9.17, 15) is 72.6 Å². The number of carboxylic acids is 4. The molecule has 0 saturated carbocycles. The molecule has 12 nitrogen and oxygen atoms in total. The Kier molecular flexibility index (Phi) is 7.33. The van der Waals surface area contributed by atoms with Gasteiger partial charge in [0.2, 0.25) is 0 Å². The first kappa shape index (κ1) is 30.0. The molecule has 0 radical (unpaired) electrons. The van der Waals surface area contributed by atoms with E-state index < -0.39 is 110 Å². The molecular weight excluding hydrogens is 586 g/mol. The highest BCUT2D eigenvalue weighted by molar-refractivity contribution is 7.93. The van der Waals surface area contributed by atoms with Crippen molar-refractivity contribution in [3.8, 4) is 11.1 Å². The summed E-state index contributed by atoms with van der Waals surface area (Å²) in [7, 11) is -13.6. The van der Waals surface area contributed by atoms with Crippen molar-refractivity contribution in [2.45, 2.75) is 20.8 Å². The molecule has 2 aromatic carbocycles. The fraction of sp³-hybridized carbons (Fsp3) is 0.111. The van der Waals surface area contributed by atoms with Crippen molar-refractivity contribution in [2.24, 2.45) is 0 Å². The molecule has 0 aliphatic rings. The molecule has 20 heteroatoms. The molecule has 0 spiro atoms. The van der Waals surface area contributed by atoms with Crippen LogP contribution in [-0.2, 0) is 19.7 Å². The van der Waals surface area contributed by atoms with Gasteiger partial charge in [-0.3, -0.25) is 0 Å². The van der Waals surface area contributed by atoms with E-state index >= 15 is 0 Å². The standard InChI is InChI=1S/C18H8F6O12S2/c19-17(20,21)37(33,34)11-3-9(15(29)30)7(13(25)26)1-5(11)6-2-8(14(27)28)10(16(31)32)4-12(6)38(35,36)18(22,23)24/h1-4H,(H,25,26)(H,27,28)(H,29,30)(H,31,32). The van der Waals surface area contributed by atoms with E-state index in [4.69, 9.17) is 10.2 Å². The summed E-state index contributed by atoms with van der Waals surface area (Å²) in [5, 5.41) is 36.8. The van der Waals surface area contributed by atoms with Gasteiger partial charge in [0, 0.05) is 11.1 Å². The maximum atomic E-state index is 13.4. The Morgan fingerprint density at radius 2 is 0.711 bits per heavy atom. The van der Waals surface area contributed by atoms with Crippen LogP contribution in [0.1, 0.15) is 41.4 Å². The van der Waals surface area contributed by atoms with E-state index in [0.29, 0.717) is 0 Å². The van der Waals surface area contributed by atoms with E-state index in [1.807, 2.05) is 0 Å². The lowest BCUT2D eigenvalue weighted by Gasteiger charge is -2.19. The van der Waals surface area contributed by atoms with Gasteiger partial charge in [-0.2, -0.15) is 26.3 Å². The predicted octanol–water partition coefficient (Wildman–Crippen LogP) is 2.73. The summed E-state index contributed by atoms with van der Waals surface area (Å²) in [6.07, 6.45) is 0. The zero-order chi connectivity index (χ0) is 29.8. The summed E-state index contributed by atoms with van der Waals surface area (Å²) >= 11 is 0. The topological polar surface area (TPSA) is 217 Å². The first-order valence-electron chi connectivity index (χ1n) is 8.89. The summed E-state index contributed by atoms with van der Waals surface area (Å²) in [5.74, 6) is -9.24. The first-order chi connectivity index (χ1) is 17.0. The summed E-state index contributed by atoms with van der Waals surface area (Å²) in [6.45, 7) is 0. The maximum Gasteiger partial charge on any atom is 0.501 e. The molecule has 0 aliphatic carbocycles. The molecule has 0 aliphatic heterocycles. The lowest BCUT2D eigenvalue weighted by molar-refractivity contribution is -0.0442. The second-order valence-electron chi connectivity index (χ2n) is 6.91. The predicted molar refractivity (Wildman–Crippen MR) is 106 cm³/mol. The summed E-state index contributed by atoms with van der Waals surface area (Å²) in [4.78, 5) is 41.3. The molecule has 2 rings (SSSR count). The van der Waals surface area contributed by atoms with E-state index in [0.717, 1.165) is 0 Å². The summed E-state index contributed by atoms with van der Waals surface area (Å²) in [6, 6.07) is -1.33. The van der Waals surface area contributed by atoms with E-state index in [1.54, 1.807) is 0 Å². The number of benzene rings is 2. The zero-order valence-electron chi connectivity index (χ0n) is 17.4. The van der Waals surface area contributed by atoms with Crippen molar-refractivity contribution in [3.63, 3.8) is 0 Å². The Hall–Kier alpha value is -4.20. The number of alkyl halides is 6. The van der Waals surface area contributed by atoms with Crippen molar-refractivity contribution < 1.29 is 82.8 Å². The van der Waals surface area contributed by atoms with Crippen LogP contribution in [0.15, 0.2) is 34.1 Å². The number of carboxylic acid groups (broad SMARTS) is 4. The average molecular weight is 594 g/mol. The van der Waals surface area contributed by atoms with Crippen molar-refractivity contribution in [3.05, 3.63) is 46.5 Å². The average Bonchev–Trinajstić information content (AvgIpc) is 2.75. The van der Waals surface area contributed by atoms with Gasteiger partial charge in [-0.15, -0.1) is 0 Å². The lowest BCUT2D eigenvalue weighted by Crippen LogP contribution is -2.27. The third-order valence-electron chi connectivity index (χ3n) is 4.64. The lowest BCUT2D eigenvalue weighted by atomic mass is 9.95. The Labute approximate surface area is 205 Å². The molecule has 0 aromatic heterocycles. The molecular formula is C18H8F6O12S2. The molecule has 2 aromatic rings. The van der Waals surface area contributed by atoms with Crippen LogP contribution >= 0.6 is 0 Å². The van der Waals surface area contributed by atoms with Crippen LogP contribution < -0.4 is 0 Å². The minimum Gasteiger partial charge on any atom is -0.478 e. The number of carbonyl (C=O) groups is 4. The van der Waals surface area contributed by atoms with Gasteiger partial charge in [0.25, 0.3) is 19.7 Å². The highest BCUT2D eigenvalue weighted by Crippen LogP contribution is 2.43. The summed E-state index contributed by atoms with van der Waals surface area (Å²) < 4.78 is 129. The number of aromatic carboxylic acids is 4. The number of sulfone groups is 2. The van der Waals surface area contributed by atoms with Gasteiger partial charge in [0.05, 0.1) is 32.0 Å². The second kappa shape index (κ2) is 9.28. The first-order valence-corrected chi connectivity index (χ1v) is 11.9. The third kappa shape index (κ3) is 4.98. The number of hydrogen-bond acceptors (Lipinski definition) is 8. The van der Waals surface area contributed by atoms with Crippen molar-refractivity contribution in [2.75, 3.05) is 0 Å². The van der Waals surface area contributed by atoms with Gasteiger partial charge in [-0.1, -0.05) is 0 Å². The van der Waals surface area contributed by atoms with Crippen LogP contribution in [-0.4, -0.2) is 72.2 Å². The zero-order valence-corrected chi connectivity index (χ0v) is 19.1. The van der Waals surface area contributed by atoms with Crippen LogP contribution in [0.25, 0.3) is 11.1 Å². The molecule has 0 atom stereocenters. The minimum atomic E-state index is -6.81. The van der Waals surface area contributed by atoms with E-state index in [2.05, 4.69) is 0 Å². The van der Waals surface area contributed by atoms with Gasteiger partial charge < -0.3 is 20.4 Å². The normalized spacial score (nSPS) is 12.7. The van der Waals surface area contributed by atoms with Crippen LogP contribution in [0, 0.1) is 0 Å². The minimum absolute atomic E-state index is 0.235. The molecule has 0 heterocycles. The Morgan fingerprint density at radius 1 is 0.500 bits per heavy atom. The Morgan fingerprint density at radius 3 is 0.895 bits per heavy atom. The van der Waals surface area contributed by atoms with Crippen molar-refractivity contribution in [1.29, 1.82) is 0 Å². The van der Waals surface area contributed by atoms with Gasteiger partial charge in [-0.25, -0.2) is 36.0 Å². The molecule has 38 heavy (non-hydrogen) atoms. The van der Waals surface area contributed by atoms with Crippen LogP contribution in [0.3, 0.4) is 0 Å². The molecule has 0 saturated heterocycles. The number of rotatable bonds is 7. The Bertz CT molecular complexity index is 1500. The van der Waals surface area contributed by atoms with Crippen LogP contribution in [0.5, 0.6) is 0 Å². The SMILES string of the molecule is O=C(O)c1cc(-c2cc(C(=O)O)c(C(=O)O)cc2S(=O)(=O)C(F)(F)F)c(S(=O)(=O)C(F)(F)F)cc1C(=O)O. The maximum absolute atomic E-state index is 13.4. The molecule has 206 valence electrons. The highest BCUT2D eigenvalue weighted by atomic mass is 32.2. The molecule has 0 bridgehead atoms. The molecule has 4 N–H and O–H groups in total. The summed E-state index contributed by atoms with van der Waals surface area (Å²) in [5.41, 5.74) is -22.7. The highest BCUT2D eigenvalue weighted by Gasteiger charge is 2.51. The Balaban J connectivity index is 3.41. The molecule has 0 fully saturated rings. The van der Waals surface area contributed by atoms with Crippen LogP contribution in [0.2, 0.25) is 0 Å². The van der Waals surface area contributed by atoms with Gasteiger partial charge >= 0.3 is 34.9 Å². The van der Waals surface area contributed by atoms with Crippen molar-refractivity contribution in [1.82, 2.24) is 0 Å². The quantitative estimate of drug-likeness (QED) is 0.340.